The van der Waals surface area contributed by atoms with Crippen molar-refractivity contribution < 1.29 is 23.9 Å². The van der Waals surface area contributed by atoms with E-state index >= 15 is 0 Å². The van der Waals surface area contributed by atoms with Crippen LogP contribution in [0.15, 0.2) is 65.3 Å². The summed E-state index contributed by atoms with van der Waals surface area (Å²) >= 11 is 18.4. The maximum Gasteiger partial charge on any atom is 0.363 e. The molecule has 0 amide bonds. The Hall–Kier alpha value is -3.59. The second-order valence-corrected chi connectivity index (χ2v) is 8.43. The summed E-state index contributed by atoms with van der Waals surface area (Å²) < 4.78 is 16.5. The lowest BCUT2D eigenvalue weighted by Gasteiger charge is -2.14. The van der Waals surface area contributed by atoms with Gasteiger partial charge in [0.15, 0.2) is 17.2 Å². The summed E-state index contributed by atoms with van der Waals surface area (Å²) in [5.74, 6) is 0.0194. The molecule has 0 aliphatic carbocycles. The van der Waals surface area contributed by atoms with Gasteiger partial charge >= 0.3 is 5.97 Å². The predicted molar refractivity (Wildman–Crippen MR) is 133 cm³/mol. The van der Waals surface area contributed by atoms with E-state index in [-0.39, 0.29) is 28.9 Å². The highest BCUT2D eigenvalue weighted by Crippen LogP contribution is 2.38. The average molecular weight is 534 g/mol. The molecule has 8 nitrogen and oxygen atoms in total. The Balaban J connectivity index is 1.57. The summed E-state index contributed by atoms with van der Waals surface area (Å²) in [5, 5.41) is 11.9. The van der Waals surface area contributed by atoms with Crippen LogP contribution in [-0.2, 0) is 16.1 Å². The highest BCUT2D eigenvalue weighted by atomic mass is 35.5. The van der Waals surface area contributed by atoms with E-state index < -0.39 is 10.9 Å². The summed E-state index contributed by atoms with van der Waals surface area (Å²) in [6, 6.07) is 13.9. The van der Waals surface area contributed by atoms with Crippen LogP contribution in [0.25, 0.3) is 6.08 Å². The molecule has 1 aliphatic heterocycles. The first kappa shape index (κ1) is 24.5. The van der Waals surface area contributed by atoms with Gasteiger partial charge in [-0.25, -0.2) is 9.79 Å². The fraction of sp³-hybridized carbons (Fsp3) is 0.0833. The summed E-state index contributed by atoms with van der Waals surface area (Å²) in [6.07, 6.45) is 1.48. The van der Waals surface area contributed by atoms with Crippen LogP contribution in [0.4, 0.5) is 5.69 Å². The van der Waals surface area contributed by atoms with Crippen molar-refractivity contribution in [1.29, 1.82) is 0 Å². The second kappa shape index (κ2) is 10.4. The maximum absolute atomic E-state index is 12.3. The monoisotopic (exact) mass is 532 g/mol. The van der Waals surface area contributed by atoms with Crippen molar-refractivity contribution in [1.82, 2.24) is 0 Å². The van der Waals surface area contributed by atoms with Crippen molar-refractivity contribution in [2.24, 2.45) is 4.99 Å². The molecule has 3 aromatic rings. The van der Waals surface area contributed by atoms with Gasteiger partial charge in [-0.15, -0.1) is 0 Å². The Kier molecular flexibility index (Phi) is 7.25. The summed E-state index contributed by atoms with van der Waals surface area (Å²) in [4.78, 5) is 26.8. The molecule has 0 saturated heterocycles. The first-order chi connectivity index (χ1) is 16.7. The number of carbonyl (C=O) groups is 1. The highest BCUT2D eigenvalue weighted by molar-refractivity contribution is 6.42. The molecule has 0 radical (unpaired) electrons. The summed E-state index contributed by atoms with van der Waals surface area (Å²) in [5.41, 5.74) is 1.67. The number of nitro benzene ring substituents is 1. The van der Waals surface area contributed by atoms with E-state index in [1.807, 2.05) is 0 Å². The standard InChI is InChI=1S/C24H15Cl3N2O6/c1-33-21-11-14(9-19(27)22(21)34-12-13-2-7-17(25)18(26)8-13)10-20-24(30)35-23(28-20)15-3-5-16(6-4-15)29(31)32/h2-11H,12H2,1H3/b20-10-. The lowest BCUT2D eigenvalue weighted by Crippen LogP contribution is -2.05. The molecule has 3 aromatic carbocycles. The number of nitrogens with zero attached hydrogens (tertiary/aromatic N) is 2. The van der Waals surface area contributed by atoms with Gasteiger partial charge in [-0.2, -0.15) is 0 Å². The third-order valence-corrected chi connectivity index (χ3v) is 5.89. The van der Waals surface area contributed by atoms with Gasteiger partial charge in [-0.05, 0) is 53.6 Å². The van der Waals surface area contributed by atoms with Gasteiger partial charge in [0.2, 0.25) is 5.90 Å². The van der Waals surface area contributed by atoms with Crippen LogP contribution in [0.1, 0.15) is 16.7 Å². The summed E-state index contributed by atoms with van der Waals surface area (Å²) in [7, 11) is 1.46. The van der Waals surface area contributed by atoms with E-state index in [1.54, 1.807) is 30.3 Å². The first-order valence-corrected chi connectivity index (χ1v) is 11.1. The van der Waals surface area contributed by atoms with E-state index in [2.05, 4.69) is 4.99 Å². The number of rotatable bonds is 7. The molecule has 35 heavy (non-hydrogen) atoms. The average Bonchev–Trinajstić information content (AvgIpc) is 3.20. The van der Waals surface area contributed by atoms with Crippen molar-refractivity contribution in [3.8, 4) is 11.5 Å². The number of methoxy groups -OCH3 is 1. The SMILES string of the molecule is COc1cc(/C=C2\N=C(c3ccc([N+](=O)[O-])cc3)OC2=O)cc(Cl)c1OCc1ccc(Cl)c(Cl)c1. The number of carbonyl (C=O) groups excluding carboxylic acids is 1. The predicted octanol–water partition coefficient (Wildman–Crippen LogP) is 6.49. The van der Waals surface area contributed by atoms with Crippen LogP contribution >= 0.6 is 34.8 Å². The second-order valence-electron chi connectivity index (χ2n) is 7.21. The number of hydrogen-bond donors (Lipinski definition) is 0. The van der Waals surface area contributed by atoms with Crippen LogP contribution in [0, 0.1) is 10.1 Å². The quantitative estimate of drug-likeness (QED) is 0.149. The fourth-order valence-corrected chi connectivity index (χ4v) is 3.76. The molecule has 0 spiro atoms. The number of halogens is 3. The van der Waals surface area contributed by atoms with E-state index in [1.165, 1.54) is 37.5 Å². The molecular formula is C24H15Cl3N2O6. The lowest BCUT2D eigenvalue weighted by molar-refractivity contribution is -0.384. The molecule has 0 unspecified atom stereocenters. The number of benzene rings is 3. The first-order valence-electron chi connectivity index (χ1n) is 9.97. The normalized spacial score (nSPS) is 14.0. The van der Waals surface area contributed by atoms with E-state index in [0.717, 1.165) is 5.56 Å². The van der Waals surface area contributed by atoms with E-state index in [9.17, 15) is 14.9 Å². The molecule has 11 heteroatoms. The van der Waals surface area contributed by atoms with Gasteiger partial charge in [0, 0.05) is 17.7 Å². The molecular weight excluding hydrogens is 519 g/mol. The molecule has 0 atom stereocenters. The molecule has 4 rings (SSSR count). The van der Waals surface area contributed by atoms with Crippen molar-refractivity contribution in [3.63, 3.8) is 0 Å². The third-order valence-electron chi connectivity index (χ3n) is 4.87. The number of cyclic esters (lactones) is 1. The number of aliphatic imine (C=N–C) groups is 1. The van der Waals surface area contributed by atoms with Crippen molar-refractivity contribution >= 4 is 58.4 Å². The molecule has 0 fully saturated rings. The number of non-ortho nitro benzene ring substituents is 1. The van der Waals surface area contributed by atoms with Gasteiger partial charge < -0.3 is 14.2 Å². The van der Waals surface area contributed by atoms with Crippen LogP contribution in [0.2, 0.25) is 15.1 Å². The Morgan fingerprint density at radius 1 is 1.03 bits per heavy atom. The van der Waals surface area contributed by atoms with Crippen molar-refractivity contribution in [3.05, 3.63) is 102 Å². The highest BCUT2D eigenvalue weighted by Gasteiger charge is 2.25. The number of nitro groups is 1. The Bertz CT molecular complexity index is 1390. The largest absolute Gasteiger partial charge is 0.493 e. The lowest BCUT2D eigenvalue weighted by atomic mass is 10.1. The van der Waals surface area contributed by atoms with Gasteiger partial charge in [0.25, 0.3) is 5.69 Å². The smallest absolute Gasteiger partial charge is 0.363 e. The van der Waals surface area contributed by atoms with Crippen LogP contribution in [0.5, 0.6) is 11.5 Å². The van der Waals surface area contributed by atoms with Crippen LogP contribution < -0.4 is 9.47 Å². The van der Waals surface area contributed by atoms with Gasteiger partial charge in [0.05, 0.1) is 27.1 Å². The van der Waals surface area contributed by atoms with E-state index in [4.69, 9.17) is 49.0 Å². The summed E-state index contributed by atoms with van der Waals surface area (Å²) in [6.45, 7) is 0.169. The molecule has 0 aromatic heterocycles. The molecule has 178 valence electrons. The van der Waals surface area contributed by atoms with Gasteiger partial charge in [-0.1, -0.05) is 40.9 Å². The zero-order valence-corrected chi connectivity index (χ0v) is 20.2. The fourth-order valence-electron chi connectivity index (χ4n) is 3.16. The Morgan fingerprint density at radius 2 is 1.77 bits per heavy atom. The Morgan fingerprint density at radius 3 is 2.43 bits per heavy atom. The van der Waals surface area contributed by atoms with Gasteiger partial charge in [0.1, 0.15) is 6.61 Å². The Labute approximate surface area is 214 Å². The van der Waals surface area contributed by atoms with Crippen molar-refractivity contribution in [2.45, 2.75) is 6.61 Å². The zero-order chi connectivity index (χ0) is 25.1. The van der Waals surface area contributed by atoms with Gasteiger partial charge in [-0.3, -0.25) is 10.1 Å². The third kappa shape index (κ3) is 5.57. The van der Waals surface area contributed by atoms with E-state index in [0.29, 0.717) is 32.7 Å². The van der Waals surface area contributed by atoms with Crippen LogP contribution in [-0.4, -0.2) is 23.9 Å². The van der Waals surface area contributed by atoms with Crippen LogP contribution in [0.3, 0.4) is 0 Å². The molecule has 0 bridgehead atoms. The number of esters is 1. The minimum absolute atomic E-state index is 0.0287. The molecule has 0 saturated carbocycles. The molecule has 1 heterocycles. The molecule has 0 N–H and O–H groups in total. The zero-order valence-electron chi connectivity index (χ0n) is 18.0. The number of hydrogen-bond acceptors (Lipinski definition) is 7. The minimum Gasteiger partial charge on any atom is -0.493 e. The van der Waals surface area contributed by atoms with Crippen molar-refractivity contribution in [2.75, 3.05) is 7.11 Å². The molecule has 1 aliphatic rings. The maximum atomic E-state index is 12.3. The number of ether oxygens (including phenoxy) is 3. The minimum atomic E-state index is -0.673. The topological polar surface area (TPSA) is 100 Å².